The van der Waals surface area contributed by atoms with Crippen LogP contribution < -0.4 is 4.74 Å². The summed E-state index contributed by atoms with van der Waals surface area (Å²) in [5.74, 6) is 2.18. The third-order valence-electron chi connectivity index (χ3n) is 2.89. The second-order valence-corrected chi connectivity index (χ2v) is 5.11. The molecule has 0 saturated heterocycles. The molecule has 0 fully saturated rings. The number of thioether (sulfide) groups is 1. The first kappa shape index (κ1) is 10.8. The van der Waals surface area contributed by atoms with Gasteiger partial charge in [-0.2, -0.15) is 0 Å². The van der Waals surface area contributed by atoms with Gasteiger partial charge in [-0.15, -0.1) is 11.8 Å². The van der Waals surface area contributed by atoms with E-state index in [9.17, 15) is 0 Å². The van der Waals surface area contributed by atoms with Crippen molar-refractivity contribution in [2.75, 3.05) is 27.0 Å². The van der Waals surface area contributed by atoms with E-state index in [-0.39, 0.29) is 0 Å². The van der Waals surface area contributed by atoms with Gasteiger partial charge in [-0.25, -0.2) is 0 Å². The molecular weight excluding hydrogens is 206 g/mol. The summed E-state index contributed by atoms with van der Waals surface area (Å²) in [6, 6.07) is 6.98. The average Bonchev–Trinajstić information content (AvgIpc) is 2.27. The Morgan fingerprint density at radius 3 is 2.87 bits per heavy atom. The summed E-state index contributed by atoms with van der Waals surface area (Å²) < 4.78 is 5.37. The molecule has 3 heteroatoms. The number of hydrogen-bond acceptors (Lipinski definition) is 3. The highest BCUT2D eigenvalue weighted by atomic mass is 32.2. The van der Waals surface area contributed by atoms with E-state index in [0.717, 1.165) is 17.9 Å². The number of ether oxygens (including phenoxy) is 1. The van der Waals surface area contributed by atoms with E-state index in [1.54, 1.807) is 7.11 Å². The zero-order valence-corrected chi connectivity index (χ0v) is 10.3. The van der Waals surface area contributed by atoms with Crippen LogP contribution in [0.4, 0.5) is 0 Å². The molecule has 1 heterocycles. The van der Waals surface area contributed by atoms with E-state index in [0.29, 0.717) is 6.04 Å². The van der Waals surface area contributed by atoms with Crippen LogP contribution in [-0.2, 0) is 6.42 Å². The molecule has 0 radical (unpaired) electrons. The SMILES string of the molecule is COc1cccc2c1SCC(N(C)C)C2. The lowest BCUT2D eigenvalue weighted by Crippen LogP contribution is -2.34. The van der Waals surface area contributed by atoms with Crippen molar-refractivity contribution in [1.82, 2.24) is 4.90 Å². The lowest BCUT2D eigenvalue weighted by molar-refractivity contribution is 0.312. The molecule has 82 valence electrons. The zero-order valence-electron chi connectivity index (χ0n) is 9.49. The van der Waals surface area contributed by atoms with E-state index < -0.39 is 0 Å². The minimum absolute atomic E-state index is 0.648. The molecule has 1 aromatic rings. The van der Waals surface area contributed by atoms with E-state index in [2.05, 4.69) is 31.1 Å². The van der Waals surface area contributed by atoms with Gasteiger partial charge in [0, 0.05) is 11.8 Å². The average molecular weight is 223 g/mol. The van der Waals surface area contributed by atoms with Crippen molar-refractivity contribution in [3.63, 3.8) is 0 Å². The van der Waals surface area contributed by atoms with Gasteiger partial charge in [0.15, 0.2) is 0 Å². The summed E-state index contributed by atoms with van der Waals surface area (Å²) in [6.45, 7) is 0. The quantitative estimate of drug-likeness (QED) is 0.763. The first-order chi connectivity index (χ1) is 7.22. The Balaban J connectivity index is 2.27. The molecule has 1 atom stereocenters. The van der Waals surface area contributed by atoms with Gasteiger partial charge >= 0.3 is 0 Å². The van der Waals surface area contributed by atoms with Crippen molar-refractivity contribution in [3.05, 3.63) is 23.8 Å². The van der Waals surface area contributed by atoms with Gasteiger partial charge in [-0.3, -0.25) is 0 Å². The summed E-state index contributed by atoms with van der Waals surface area (Å²) in [7, 11) is 6.04. The molecule has 0 aliphatic carbocycles. The summed E-state index contributed by atoms with van der Waals surface area (Å²) in [5.41, 5.74) is 1.42. The lowest BCUT2D eigenvalue weighted by Gasteiger charge is -2.29. The van der Waals surface area contributed by atoms with Crippen LogP contribution >= 0.6 is 11.8 Å². The molecule has 0 N–H and O–H groups in total. The van der Waals surface area contributed by atoms with Crippen LogP contribution in [0.1, 0.15) is 5.56 Å². The Kier molecular flexibility index (Phi) is 3.22. The topological polar surface area (TPSA) is 12.5 Å². The molecule has 0 aromatic heterocycles. The molecule has 15 heavy (non-hydrogen) atoms. The minimum atomic E-state index is 0.648. The maximum atomic E-state index is 5.37. The van der Waals surface area contributed by atoms with Crippen molar-refractivity contribution in [3.8, 4) is 5.75 Å². The molecule has 0 amide bonds. The van der Waals surface area contributed by atoms with E-state index in [1.165, 1.54) is 10.5 Å². The highest BCUT2D eigenvalue weighted by molar-refractivity contribution is 7.99. The normalized spacial score (nSPS) is 20.1. The number of benzene rings is 1. The molecule has 1 aliphatic rings. The van der Waals surface area contributed by atoms with Crippen LogP contribution in [0.3, 0.4) is 0 Å². The van der Waals surface area contributed by atoms with Crippen molar-refractivity contribution < 1.29 is 4.74 Å². The molecule has 2 nitrogen and oxygen atoms in total. The number of hydrogen-bond donors (Lipinski definition) is 0. The van der Waals surface area contributed by atoms with Crippen molar-refractivity contribution in [1.29, 1.82) is 0 Å². The van der Waals surface area contributed by atoms with Crippen LogP contribution in [0, 0.1) is 0 Å². The summed E-state index contributed by atoms with van der Waals surface area (Å²) in [6.07, 6.45) is 1.13. The Hall–Kier alpha value is -0.670. The predicted octanol–water partition coefficient (Wildman–Crippen LogP) is 2.27. The Labute approximate surface area is 95.6 Å². The van der Waals surface area contributed by atoms with E-state index >= 15 is 0 Å². The largest absolute Gasteiger partial charge is 0.496 e. The second-order valence-electron chi connectivity index (χ2n) is 4.08. The standard InChI is InChI=1S/C12H17NOS/c1-13(2)10-7-9-5-4-6-11(14-3)12(9)15-8-10/h4-6,10H,7-8H2,1-3H3. The number of nitrogens with zero attached hydrogens (tertiary/aromatic N) is 1. The monoisotopic (exact) mass is 223 g/mol. The Bertz CT molecular complexity index is 351. The highest BCUT2D eigenvalue weighted by Crippen LogP contribution is 2.38. The van der Waals surface area contributed by atoms with Crippen LogP contribution in [0.15, 0.2) is 23.1 Å². The molecule has 0 saturated carbocycles. The third kappa shape index (κ3) is 2.13. The maximum absolute atomic E-state index is 5.37. The van der Waals surface area contributed by atoms with Gasteiger partial charge < -0.3 is 9.64 Å². The fourth-order valence-electron chi connectivity index (χ4n) is 1.87. The van der Waals surface area contributed by atoms with Crippen molar-refractivity contribution in [2.45, 2.75) is 17.4 Å². The van der Waals surface area contributed by atoms with Gasteiger partial charge in [0.25, 0.3) is 0 Å². The molecule has 1 aliphatic heterocycles. The number of likely N-dealkylation sites (N-methyl/N-ethyl adjacent to an activating group) is 1. The summed E-state index contributed by atoms with van der Waals surface area (Å²) in [5, 5.41) is 0. The van der Waals surface area contributed by atoms with Crippen LogP contribution in [0.5, 0.6) is 5.75 Å². The molecule has 2 rings (SSSR count). The Morgan fingerprint density at radius 2 is 2.20 bits per heavy atom. The van der Waals surface area contributed by atoms with Gasteiger partial charge in [0.2, 0.25) is 0 Å². The number of rotatable bonds is 2. The predicted molar refractivity (Wildman–Crippen MR) is 64.9 cm³/mol. The molecule has 1 unspecified atom stereocenters. The van der Waals surface area contributed by atoms with Gasteiger partial charge in [-0.05, 0) is 32.1 Å². The molecule has 0 spiro atoms. The van der Waals surface area contributed by atoms with Crippen LogP contribution in [-0.4, -0.2) is 37.9 Å². The highest BCUT2D eigenvalue weighted by Gasteiger charge is 2.22. The van der Waals surface area contributed by atoms with Crippen LogP contribution in [0.2, 0.25) is 0 Å². The zero-order chi connectivity index (χ0) is 10.8. The van der Waals surface area contributed by atoms with Crippen LogP contribution in [0.25, 0.3) is 0 Å². The van der Waals surface area contributed by atoms with Gasteiger partial charge in [-0.1, -0.05) is 12.1 Å². The smallest absolute Gasteiger partial charge is 0.132 e. The van der Waals surface area contributed by atoms with Crippen molar-refractivity contribution in [2.24, 2.45) is 0 Å². The first-order valence-electron chi connectivity index (χ1n) is 5.17. The maximum Gasteiger partial charge on any atom is 0.132 e. The van der Waals surface area contributed by atoms with E-state index in [4.69, 9.17) is 4.74 Å². The second kappa shape index (κ2) is 4.45. The van der Waals surface area contributed by atoms with E-state index in [1.807, 2.05) is 17.8 Å². The lowest BCUT2D eigenvalue weighted by atomic mass is 10.1. The van der Waals surface area contributed by atoms with Gasteiger partial charge in [0.1, 0.15) is 5.75 Å². The minimum Gasteiger partial charge on any atom is -0.496 e. The molecule has 1 aromatic carbocycles. The Morgan fingerprint density at radius 1 is 1.40 bits per heavy atom. The van der Waals surface area contributed by atoms with Crippen molar-refractivity contribution >= 4 is 11.8 Å². The number of methoxy groups -OCH3 is 1. The molecular formula is C12H17NOS. The first-order valence-corrected chi connectivity index (χ1v) is 6.16. The summed E-state index contributed by atoms with van der Waals surface area (Å²) >= 11 is 1.91. The summed E-state index contributed by atoms with van der Waals surface area (Å²) in [4.78, 5) is 3.63. The number of fused-ring (bicyclic) bond motifs is 1. The molecule has 0 bridgehead atoms. The van der Waals surface area contributed by atoms with Gasteiger partial charge in [0.05, 0.1) is 12.0 Å². The fraction of sp³-hybridized carbons (Fsp3) is 0.500. The fourth-order valence-corrected chi connectivity index (χ4v) is 3.28. The third-order valence-corrected chi connectivity index (χ3v) is 4.19.